The van der Waals surface area contributed by atoms with Gasteiger partial charge in [-0.25, -0.2) is 9.78 Å². The molecule has 0 saturated carbocycles. The summed E-state index contributed by atoms with van der Waals surface area (Å²) in [7, 11) is 1.59. The number of thiazole rings is 1. The number of carbonyl (C=O) groups is 1. The number of nitro groups is 1. The number of benzene rings is 1. The predicted octanol–water partition coefficient (Wildman–Crippen LogP) is 3.84. The number of anilines is 1. The molecule has 1 aliphatic heterocycles. The number of nitrogens with one attached hydrogen (secondary N) is 1. The highest BCUT2D eigenvalue weighted by Crippen LogP contribution is 2.41. The van der Waals surface area contributed by atoms with Crippen molar-refractivity contribution < 1.29 is 19.2 Å². The van der Waals surface area contributed by atoms with Crippen molar-refractivity contribution in [3.8, 4) is 0 Å². The van der Waals surface area contributed by atoms with Gasteiger partial charge in [-0.2, -0.15) is 0 Å². The van der Waals surface area contributed by atoms with Crippen LogP contribution >= 0.6 is 11.3 Å². The number of rotatable bonds is 6. The summed E-state index contributed by atoms with van der Waals surface area (Å²) in [5, 5.41) is 15.3. The first-order chi connectivity index (χ1) is 13.7. The summed E-state index contributed by atoms with van der Waals surface area (Å²) in [4.78, 5) is 30.0. The van der Waals surface area contributed by atoms with E-state index >= 15 is 0 Å². The number of amides is 1. The van der Waals surface area contributed by atoms with Crippen molar-refractivity contribution in [2.45, 2.75) is 51.9 Å². The largest absolute Gasteiger partial charge is 0.444 e. The van der Waals surface area contributed by atoms with Crippen molar-refractivity contribution in [2.24, 2.45) is 0 Å². The summed E-state index contributed by atoms with van der Waals surface area (Å²) in [5.41, 5.74) is 0.568. The minimum atomic E-state index is -0.581. The Balaban J connectivity index is 1.89. The number of carbonyl (C=O) groups excluding carboxylic acids is 1. The van der Waals surface area contributed by atoms with Gasteiger partial charge in [0, 0.05) is 32.3 Å². The molecule has 158 valence electrons. The standard InChI is InChI=1S/C19H26N4O5S/c1-19(2,3)28-18(24)20-10-12-6-5-9-22(12)17-13(23(25)26)7-8-14-16(17)21-15(29-14)11-27-4/h7-8,12H,5-6,9-11H2,1-4H3,(H,20,24)/t12-/m0/s1. The molecule has 1 atom stereocenters. The Hall–Kier alpha value is -2.46. The smallest absolute Gasteiger partial charge is 0.407 e. The molecule has 29 heavy (non-hydrogen) atoms. The third-order valence-corrected chi connectivity index (χ3v) is 5.56. The summed E-state index contributed by atoms with van der Waals surface area (Å²) in [6, 6.07) is 3.19. The van der Waals surface area contributed by atoms with E-state index in [-0.39, 0.29) is 16.7 Å². The lowest BCUT2D eigenvalue weighted by atomic mass is 10.1. The van der Waals surface area contributed by atoms with Crippen LogP contribution in [0, 0.1) is 10.1 Å². The van der Waals surface area contributed by atoms with Gasteiger partial charge in [-0.05, 0) is 39.7 Å². The van der Waals surface area contributed by atoms with Crippen LogP contribution in [-0.2, 0) is 16.1 Å². The topological polar surface area (TPSA) is 107 Å². The molecule has 9 nitrogen and oxygen atoms in total. The van der Waals surface area contributed by atoms with E-state index in [4.69, 9.17) is 9.47 Å². The van der Waals surface area contributed by atoms with Gasteiger partial charge in [-0.1, -0.05) is 0 Å². The van der Waals surface area contributed by atoms with Crippen LogP contribution in [0.15, 0.2) is 12.1 Å². The first-order valence-electron chi connectivity index (χ1n) is 9.49. The highest BCUT2D eigenvalue weighted by atomic mass is 32.1. The Morgan fingerprint density at radius 3 is 2.86 bits per heavy atom. The van der Waals surface area contributed by atoms with Crippen molar-refractivity contribution in [2.75, 3.05) is 25.1 Å². The van der Waals surface area contributed by atoms with Crippen molar-refractivity contribution in [3.63, 3.8) is 0 Å². The molecule has 0 aliphatic carbocycles. The summed E-state index contributed by atoms with van der Waals surface area (Å²) < 4.78 is 11.3. The molecule has 0 bridgehead atoms. The number of ether oxygens (including phenoxy) is 2. The number of hydrogen-bond donors (Lipinski definition) is 1. The summed E-state index contributed by atoms with van der Waals surface area (Å²) >= 11 is 1.47. The minimum Gasteiger partial charge on any atom is -0.444 e. The van der Waals surface area contributed by atoms with Gasteiger partial charge in [-0.15, -0.1) is 11.3 Å². The molecule has 0 unspecified atom stereocenters. The van der Waals surface area contributed by atoms with Crippen molar-refractivity contribution in [3.05, 3.63) is 27.3 Å². The zero-order valence-corrected chi connectivity index (χ0v) is 17.9. The van der Waals surface area contributed by atoms with E-state index in [0.717, 1.165) is 22.5 Å². The van der Waals surface area contributed by atoms with Crippen LogP contribution in [-0.4, -0.2) is 47.8 Å². The van der Waals surface area contributed by atoms with Crippen molar-refractivity contribution in [1.29, 1.82) is 0 Å². The number of methoxy groups -OCH3 is 1. The summed E-state index contributed by atoms with van der Waals surface area (Å²) in [6.45, 7) is 6.78. The maximum absolute atomic E-state index is 12.0. The SMILES string of the molecule is COCc1nc2c(N3CCC[C@H]3CNC(=O)OC(C)(C)C)c([N+](=O)[O-])ccc2s1. The van der Waals surface area contributed by atoms with Gasteiger partial charge in [-0.3, -0.25) is 10.1 Å². The van der Waals surface area contributed by atoms with Gasteiger partial charge >= 0.3 is 6.09 Å². The van der Waals surface area contributed by atoms with E-state index in [1.54, 1.807) is 33.9 Å². The van der Waals surface area contributed by atoms with Gasteiger partial charge < -0.3 is 19.7 Å². The zero-order valence-electron chi connectivity index (χ0n) is 17.1. The normalized spacial score (nSPS) is 17.0. The van der Waals surface area contributed by atoms with Gasteiger partial charge in [0.25, 0.3) is 5.69 Å². The number of nitro benzene ring substituents is 1. The quantitative estimate of drug-likeness (QED) is 0.557. The molecule has 0 spiro atoms. The molecule has 0 radical (unpaired) electrons. The molecule has 1 aliphatic rings. The van der Waals surface area contributed by atoms with Crippen LogP contribution in [0.3, 0.4) is 0 Å². The summed E-state index contributed by atoms with van der Waals surface area (Å²) in [5.74, 6) is 0. The first kappa shape index (κ1) is 21.3. The summed E-state index contributed by atoms with van der Waals surface area (Å²) in [6.07, 6.45) is 1.20. The maximum Gasteiger partial charge on any atom is 0.407 e. The van der Waals surface area contributed by atoms with E-state index in [1.807, 2.05) is 4.90 Å². The van der Waals surface area contributed by atoms with Crippen LogP contribution in [0.4, 0.5) is 16.2 Å². The van der Waals surface area contributed by atoms with Crippen LogP contribution in [0.1, 0.15) is 38.6 Å². The highest BCUT2D eigenvalue weighted by Gasteiger charge is 2.33. The Labute approximate surface area is 173 Å². The van der Waals surface area contributed by atoms with E-state index in [2.05, 4.69) is 10.3 Å². The molecule has 3 rings (SSSR count). The molecule has 2 heterocycles. The van der Waals surface area contributed by atoms with Crippen LogP contribution < -0.4 is 10.2 Å². The third kappa shape index (κ3) is 4.94. The second-order valence-corrected chi connectivity index (χ2v) is 9.07. The van der Waals surface area contributed by atoms with Crippen molar-refractivity contribution >= 4 is 39.0 Å². The van der Waals surface area contributed by atoms with Crippen LogP contribution in [0.5, 0.6) is 0 Å². The zero-order chi connectivity index (χ0) is 21.2. The lowest BCUT2D eigenvalue weighted by molar-refractivity contribution is -0.384. The molecule has 1 saturated heterocycles. The molecule has 2 aromatic rings. The highest BCUT2D eigenvalue weighted by molar-refractivity contribution is 7.18. The van der Waals surface area contributed by atoms with Gasteiger partial charge in [0.15, 0.2) is 0 Å². The Kier molecular flexibility index (Phi) is 6.23. The second-order valence-electron chi connectivity index (χ2n) is 7.95. The number of nitrogens with zero attached hydrogens (tertiary/aromatic N) is 3. The number of alkyl carbamates (subject to hydrolysis) is 1. The van der Waals surface area contributed by atoms with Gasteiger partial charge in [0.2, 0.25) is 0 Å². The number of hydrogen-bond acceptors (Lipinski definition) is 8. The van der Waals surface area contributed by atoms with Gasteiger partial charge in [0.1, 0.15) is 21.8 Å². The van der Waals surface area contributed by atoms with E-state index in [1.165, 1.54) is 17.4 Å². The molecule has 1 N–H and O–H groups in total. The lowest BCUT2D eigenvalue weighted by Crippen LogP contribution is -2.42. The van der Waals surface area contributed by atoms with E-state index < -0.39 is 11.7 Å². The molecule has 1 amide bonds. The Morgan fingerprint density at radius 1 is 1.45 bits per heavy atom. The molecule has 1 aromatic carbocycles. The maximum atomic E-state index is 12.0. The molecule has 10 heteroatoms. The fraction of sp³-hybridized carbons (Fsp3) is 0.579. The molecular formula is C19H26N4O5S. The average molecular weight is 423 g/mol. The first-order valence-corrected chi connectivity index (χ1v) is 10.3. The van der Waals surface area contributed by atoms with Crippen LogP contribution in [0.2, 0.25) is 0 Å². The fourth-order valence-electron chi connectivity index (χ4n) is 3.49. The third-order valence-electron chi connectivity index (χ3n) is 4.57. The monoisotopic (exact) mass is 422 g/mol. The van der Waals surface area contributed by atoms with E-state index in [9.17, 15) is 14.9 Å². The Morgan fingerprint density at radius 2 is 2.21 bits per heavy atom. The average Bonchev–Trinajstić information content (AvgIpc) is 3.23. The fourth-order valence-corrected chi connectivity index (χ4v) is 4.43. The molecular weight excluding hydrogens is 396 g/mol. The molecule has 1 fully saturated rings. The number of fused-ring (bicyclic) bond motifs is 1. The van der Waals surface area contributed by atoms with Crippen LogP contribution in [0.25, 0.3) is 10.2 Å². The minimum absolute atomic E-state index is 0.0240. The van der Waals surface area contributed by atoms with Gasteiger partial charge in [0.05, 0.1) is 16.2 Å². The molecule has 1 aromatic heterocycles. The number of aromatic nitrogens is 1. The van der Waals surface area contributed by atoms with E-state index in [0.29, 0.717) is 30.9 Å². The van der Waals surface area contributed by atoms with Crippen molar-refractivity contribution in [1.82, 2.24) is 10.3 Å². The second kappa shape index (κ2) is 8.50. The predicted molar refractivity (Wildman–Crippen MR) is 112 cm³/mol. The Bertz CT molecular complexity index is 908. The lowest BCUT2D eigenvalue weighted by Gasteiger charge is -2.27.